The van der Waals surface area contributed by atoms with Crippen molar-refractivity contribution in [3.05, 3.63) is 35.4 Å². The standard InChI is InChI=1S/C18H28N2O2/c1-13(2)18(4,22)12-19-17(21)14(3)20-10-9-15-7-5-6-8-16(15)11-20/h5-8,13-14,22H,9-12H2,1-4H3,(H,19,21). The summed E-state index contributed by atoms with van der Waals surface area (Å²) in [6.07, 6.45) is 0.984. The van der Waals surface area contributed by atoms with Crippen LogP contribution in [0.3, 0.4) is 0 Å². The summed E-state index contributed by atoms with van der Waals surface area (Å²) in [4.78, 5) is 14.6. The summed E-state index contributed by atoms with van der Waals surface area (Å²) in [6, 6.07) is 8.23. The molecule has 2 N–H and O–H groups in total. The van der Waals surface area contributed by atoms with E-state index in [0.29, 0.717) is 0 Å². The van der Waals surface area contributed by atoms with Gasteiger partial charge >= 0.3 is 0 Å². The van der Waals surface area contributed by atoms with E-state index in [-0.39, 0.29) is 24.4 Å². The number of carbonyl (C=O) groups excluding carboxylic acids is 1. The van der Waals surface area contributed by atoms with Crippen molar-refractivity contribution in [3.8, 4) is 0 Å². The highest BCUT2D eigenvalue weighted by molar-refractivity contribution is 5.81. The molecule has 0 spiro atoms. The van der Waals surface area contributed by atoms with Gasteiger partial charge in [0.2, 0.25) is 5.91 Å². The number of hydrogen-bond acceptors (Lipinski definition) is 3. The van der Waals surface area contributed by atoms with Gasteiger partial charge in [0.05, 0.1) is 11.6 Å². The largest absolute Gasteiger partial charge is 0.388 e. The van der Waals surface area contributed by atoms with Crippen molar-refractivity contribution in [1.82, 2.24) is 10.2 Å². The maximum absolute atomic E-state index is 12.4. The minimum atomic E-state index is -0.871. The maximum Gasteiger partial charge on any atom is 0.237 e. The van der Waals surface area contributed by atoms with Gasteiger partial charge < -0.3 is 10.4 Å². The predicted molar refractivity (Wildman–Crippen MR) is 88.5 cm³/mol. The number of rotatable bonds is 5. The molecule has 0 bridgehead atoms. The second kappa shape index (κ2) is 6.80. The molecule has 4 heteroatoms. The molecule has 1 aliphatic heterocycles. The van der Waals surface area contributed by atoms with Crippen molar-refractivity contribution in [2.24, 2.45) is 5.92 Å². The number of amides is 1. The lowest BCUT2D eigenvalue weighted by Crippen LogP contribution is -2.51. The highest BCUT2D eigenvalue weighted by Gasteiger charge is 2.29. The van der Waals surface area contributed by atoms with Crippen LogP contribution in [0, 0.1) is 5.92 Å². The molecule has 1 heterocycles. The molecule has 0 aromatic heterocycles. The van der Waals surface area contributed by atoms with Gasteiger partial charge in [-0.05, 0) is 37.3 Å². The number of fused-ring (bicyclic) bond motifs is 1. The van der Waals surface area contributed by atoms with E-state index < -0.39 is 5.60 Å². The third kappa shape index (κ3) is 3.87. The van der Waals surface area contributed by atoms with Gasteiger partial charge in [-0.25, -0.2) is 0 Å². The molecule has 0 saturated heterocycles. The normalized spacial score (nSPS) is 19.4. The molecule has 22 heavy (non-hydrogen) atoms. The first-order valence-electron chi connectivity index (χ1n) is 8.12. The zero-order valence-corrected chi connectivity index (χ0v) is 14.1. The van der Waals surface area contributed by atoms with Crippen LogP contribution in [0.2, 0.25) is 0 Å². The van der Waals surface area contributed by atoms with Crippen LogP contribution in [0.25, 0.3) is 0 Å². The van der Waals surface area contributed by atoms with Crippen LogP contribution in [0.15, 0.2) is 24.3 Å². The molecule has 0 aliphatic carbocycles. The maximum atomic E-state index is 12.4. The molecule has 4 nitrogen and oxygen atoms in total. The Hall–Kier alpha value is -1.39. The number of benzene rings is 1. The monoisotopic (exact) mass is 304 g/mol. The molecular weight excluding hydrogens is 276 g/mol. The van der Waals surface area contributed by atoms with Gasteiger partial charge in [-0.3, -0.25) is 9.69 Å². The van der Waals surface area contributed by atoms with Crippen molar-refractivity contribution in [2.45, 2.75) is 52.3 Å². The molecule has 1 amide bonds. The summed E-state index contributed by atoms with van der Waals surface area (Å²) in [7, 11) is 0. The van der Waals surface area contributed by atoms with Crippen molar-refractivity contribution >= 4 is 5.91 Å². The van der Waals surface area contributed by atoms with Crippen LogP contribution in [-0.2, 0) is 17.8 Å². The number of nitrogens with zero attached hydrogens (tertiary/aromatic N) is 1. The minimum Gasteiger partial charge on any atom is -0.388 e. The molecule has 0 fully saturated rings. The Bertz CT molecular complexity index is 526. The van der Waals surface area contributed by atoms with Crippen molar-refractivity contribution in [2.75, 3.05) is 13.1 Å². The minimum absolute atomic E-state index is 0.0136. The highest BCUT2D eigenvalue weighted by Crippen LogP contribution is 2.20. The van der Waals surface area contributed by atoms with Gasteiger partial charge in [0.25, 0.3) is 0 Å². The summed E-state index contributed by atoms with van der Waals surface area (Å²) in [6.45, 7) is 9.61. The van der Waals surface area contributed by atoms with E-state index in [0.717, 1.165) is 19.5 Å². The summed E-state index contributed by atoms with van der Waals surface area (Å²) in [5.41, 5.74) is 1.82. The zero-order valence-electron chi connectivity index (χ0n) is 14.1. The Morgan fingerprint density at radius 2 is 1.95 bits per heavy atom. The molecule has 2 rings (SSSR count). The topological polar surface area (TPSA) is 52.6 Å². The average molecular weight is 304 g/mol. The number of hydrogen-bond donors (Lipinski definition) is 2. The fourth-order valence-corrected chi connectivity index (χ4v) is 2.63. The Kier molecular flexibility index (Phi) is 5.24. The Morgan fingerprint density at radius 3 is 2.59 bits per heavy atom. The second-order valence-electron chi connectivity index (χ2n) is 6.89. The van der Waals surface area contributed by atoms with E-state index in [1.165, 1.54) is 11.1 Å². The first-order valence-corrected chi connectivity index (χ1v) is 8.12. The van der Waals surface area contributed by atoms with Crippen LogP contribution < -0.4 is 5.32 Å². The van der Waals surface area contributed by atoms with E-state index >= 15 is 0 Å². The molecule has 2 atom stereocenters. The first kappa shape index (κ1) is 17.0. The third-order valence-corrected chi connectivity index (χ3v) is 4.95. The van der Waals surface area contributed by atoms with Crippen LogP contribution in [-0.4, -0.2) is 40.6 Å². The molecule has 122 valence electrons. The summed E-state index contributed by atoms with van der Waals surface area (Å²) in [5, 5.41) is 13.1. The molecule has 1 aliphatic rings. The van der Waals surface area contributed by atoms with E-state index in [9.17, 15) is 9.90 Å². The SMILES string of the molecule is CC(C(=O)NCC(C)(O)C(C)C)N1CCc2ccccc2C1. The Labute approximate surface area is 133 Å². The van der Waals surface area contributed by atoms with Gasteiger partial charge in [-0.2, -0.15) is 0 Å². The van der Waals surface area contributed by atoms with E-state index in [4.69, 9.17) is 0 Å². The lowest BCUT2D eigenvalue weighted by molar-refractivity contribution is -0.127. The number of carbonyl (C=O) groups is 1. The second-order valence-corrected chi connectivity index (χ2v) is 6.89. The lowest BCUT2D eigenvalue weighted by Gasteiger charge is -2.34. The van der Waals surface area contributed by atoms with Gasteiger partial charge in [0.1, 0.15) is 0 Å². The van der Waals surface area contributed by atoms with Crippen molar-refractivity contribution < 1.29 is 9.90 Å². The Morgan fingerprint density at radius 1 is 1.32 bits per heavy atom. The van der Waals surface area contributed by atoms with E-state index in [1.54, 1.807) is 6.92 Å². The zero-order chi connectivity index (χ0) is 16.3. The Balaban J connectivity index is 1.92. The first-order chi connectivity index (χ1) is 10.3. The fourth-order valence-electron chi connectivity index (χ4n) is 2.63. The predicted octanol–water partition coefficient (Wildman–Crippen LogP) is 1.96. The quantitative estimate of drug-likeness (QED) is 0.874. The van der Waals surface area contributed by atoms with Crippen LogP contribution in [0.4, 0.5) is 0 Å². The third-order valence-electron chi connectivity index (χ3n) is 4.95. The van der Waals surface area contributed by atoms with Crippen LogP contribution in [0.5, 0.6) is 0 Å². The number of nitrogens with one attached hydrogen (secondary N) is 1. The average Bonchev–Trinajstić information content (AvgIpc) is 2.51. The van der Waals surface area contributed by atoms with Gasteiger partial charge in [0, 0.05) is 19.6 Å². The molecule has 1 aromatic rings. The summed E-state index contributed by atoms with van der Waals surface area (Å²) in [5.74, 6) is 0.0882. The fraction of sp³-hybridized carbons (Fsp3) is 0.611. The number of aliphatic hydroxyl groups is 1. The summed E-state index contributed by atoms with van der Waals surface area (Å²) >= 11 is 0. The summed E-state index contributed by atoms with van der Waals surface area (Å²) < 4.78 is 0. The molecule has 1 aromatic carbocycles. The van der Waals surface area contributed by atoms with Crippen molar-refractivity contribution in [1.29, 1.82) is 0 Å². The molecular formula is C18H28N2O2. The lowest BCUT2D eigenvalue weighted by atomic mass is 9.92. The highest BCUT2D eigenvalue weighted by atomic mass is 16.3. The van der Waals surface area contributed by atoms with E-state index in [1.807, 2.05) is 26.8 Å². The molecule has 0 saturated carbocycles. The van der Waals surface area contributed by atoms with Crippen LogP contribution in [0.1, 0.15) is 38.8 Å². The van der Waals surface area contributed by atoms with Crippen molar-refractivity contribution in [3.63, 3.8) is 0 Å². The molecule has 0 radical (unpaired) electrons. The molecule has 2 unspecified atom stereocenters. The van der Waals surface area contributed by atoms with Gasteiger partial charge in [-0.1, -0.05) is 38.1 Å². The smallest absolute Gasteiger partial charge is 0.237 e. The van der Waals surface area contributed by atoms with Gasteiger partial charge in [0.15, 0.2) is 0 Å². The van der Waals surface area contributed by atoms with E-state index in [2.05, 4.69) is 28.4 Å². The van der Waals surface area contributed by atoms with Crippen LogP contribution >= 0.6 is 0 Å². The van der Waals surface area contributed by atoms with Gasteiger partial charge in [-0.15, -0.1) is 0 Å².